The second kappa shape index (κ2) is 5.84. The highest BCUT2D eigenvalue weighted by Gasteiger charge is 2.14. The van der Waals surface area contributed by atoms with Crippen molar-refractivity contribution in [1.29, 1.82) is 0 Å². The van der Waals surface area contributed by atoms with E-state index in [2.05, 4.69) is 15.9 Å². The van der Waals surface area contributed by atoms with E-state index in [1.807, 2.05) is 24.3 Å². The number of halogens is 2. The Bertz CT molecular complexity index is 616. The molecule has 0 radical (unpaired) electrons. The van der Waals surface area contributed by atoms with Gasteiger partial charge in [-0.1, -0.05) is 34.1 Å². The van der Waals surface area contributed by atoms with Crippen molar-refractivity contribution < 1.29 is 13.9 Å². The van der Waals surface area contributed by atoms with E-state index in [0.717, 1.165) is 16.1 Å². The molecular weight excluding hydrogens is 313 g/mol. The molecule has 0 aliphatic carbocycles. The number of hydrogen-bond acceptors (Lipinski definition) is 3. The molecule has 98 valence electrons. The van der Waals surface area contributed by atoms with Crippen LogP contribution in [0.5, 0.6) is 0 Å². The Morgan fingerprint density at radius 3 is 2.74 bits per heavy atom. The average Bonchev–Trinajstić information content (AvgIpc) is 2.40. The summed E-state index contributed by atoms with van der Waals surface area (Å²) in [5.41, 5.74) is 6.47. The van der Waals surface area contributed by atoms with Gasteiger partial charge in [0.05, 0.1) is 5.56 Å². The maximum Gasteiger partial charge on any atom is 0.341 e. The van der Waals surface area contributed by atoms with Crippen LogP contribution in [0.15, 0.2) is 46.9 Å². The van der Waals surface area contributed by atoms with E-state index in [-0.39, 0.29) is 12.2 Å². The maximum atomic E-state index is 13.5. The van der Waals surface area contributed by atoms with Crippen molar-refractivity contribution in [2.45, 2.75) is 6.61 Å². The molecule has 2 rings (SSSR count). The number of nitrogens with two attached hydrogens (primary N) is 1. The lowest BCUT2D eigenvalue weighted by molar-refractivity contribution is 0.0466. The quantitative estimate of drug-likeness (QED) is 0.694. The SMILES string of the molecule is Nc1ccc(F)c(C(=O)OCc2ccccc2Br)c1. The third-order valence-corrected chi connectivity index (χ3v) is 3.30. The van der Waals surface area contributed by atoms with E-state index in [1.165, 1.54) is 12.1 Å². The smallest absolute Gasteiger partial charge is 0.341 e. The molecule has 0 heterocycles. The Morgan fingerprint density at radius 2 is 2.00 bits per heavy atom. The Kier molecular flexibility index (Phi) is 4.16. The van der Waals surface area contributed by atoms with Crippen LogP contribution >= 0.6 is 15.9 Å². The topological polar surface area (TPSA) is 52.3 Å². The zero-order chi connectivity index (χ0) is 13.8. The first-order valence-electron chi connectivity index (χ1n) is 5.53. The zero-order valence-corrected chi connectivity index (χ0v) is 11.5. The van der Waals surface area contributed by atoms with Gasteiger partial charge in [0.2, 0.25) is 0 Å². The molecule has 19 heavy (non-hydrogen) atoms. The minimum Gasteiger partial charge on any atom is -0.457 e. The summed E-state index contributed by atoms with van der Waals surface area (Å²) >= 11 is 3.34. The van der Waals surface area contributed by atoms with Gasteiger partial charge in [0.15, 0.2) is 0 Å². The van der Waals surface area contributed by atoms with Crippen LogP contribution in [0.1, 0.15) is 15.9 Å². The van der Waals surface area contributed by atoms with E-state index >= 15 is 0 Å². The monoisotopic (exact) mass is 323 g/mol. The molecule has 0 saturated carbocycles. The van der Waals surface area contributed by atoms with E-state index in [1.54, 1.807) is 0 Å². The number of esters is 1. The fourth-order valence-electron chi connectivity index (χ4n) is 1.54. The first-order valence-corrected chi connectivity index (χ1v) is 6.33. The molecule has 0 fully saturated rings. The van der Waals surface area contributed by atoms with Gasteiger partial charge in [0.25, 0.3) is 0 Å². The Hall–Kier alpha value is -1.88. The van der Waals surface area contributed by atoms with Gasteiger partial charge in [-0.2, -0.15) is 0 Å². The van der Waals surface area contributed by atoms with Crippen LogP contribution in [0, 0.1) is 5.82 Å². The van der Waals surface area contributed by atoms with Crippen LogP contribution in [0.2, 0.25) is 0 Å². The van der Waals surface area contributed by atoms with Gasteiger partial charge in [0, 0.05) is 15.7 Å². The molecule has 3 nitrogen and oxygen atoms in total. The largest absolute Gasteiger partial charge is 0.457 e. The lowest BCUT2D eigenvalue weighted by atomic mass is 10.2. The predicted octanol–water partition coefficient (Wildman–Crippen LogP) is 3.53. The average molecular weight is 324 g/mol. The van der Waals surface area contributed by atoms with E-state index in [0.29, 0.717) is 5.69 Å². The number of carbonyl (C=O) groups is 1. The summed E-state index contributed by atoms with van der Waals surface area (Å²) in [6.07, 6.45) is 0. The number of rotatable bonds is 3. The van der Waals surface area contributed by atoms with Crippen molar-refractivity contribution >= 4 is 27.6 Å². The van der Waals surface area contributed by atoms with Crippen molar-refractivity contribution in [2.75, 3.05) is 5.73 Å². The predicted molar refractivity (Wildman–Crippen MR) is 74.1 cm³/mol. The third kappa shape index (κ3) is 3.32. The minimum atomic E-state index is -0.736. The third-order valence-electron chi connectivity index (χ3n) is 2.53. The summed E-state index contributed by atoms with van der Waals surface area (Å²) in [6.45, 7) is 0.0640. The molecule has 0 aliphatic heterocycles. The van der Waals surface area contributed by atoms with Crippen LogP contribution < -0.4 is 5.73 Å². The van der Waals surface area contributed by atoms with Crippen molar-refractivity contribution in [3.63, 3.8) is 0 Å². The number of ether oxygens (including phenoxy) is 1. The van der Waals surface area contributed by atoms with Gasteiger partial charge in [-0.05, 0) is 24.3 Å². The van der Waals surface area contributed by atoms with Crippen molar-refractivity contribution in [1.82, 2.24) is 0 Å². The summed E-state index contributed by atoms with van der Waals surface area (Å²) in [5.74, 6) is -1.38. The molecule has 0 unspecified atom stereocenters. The standard InChI is InChI=1S/C14H11BrFNO2/c15-12-4-2-1-3-9(12)8-19-14(18)11-7-10(17)5-6-13(11)16/h1-7H,8,17H2. The fraction of sp³-hybridized carbons (Fsp3) is 0.0714. The van der Waals surface area contributed by atoms with Gasteiger partial charge < -0.3 is 10.5 Å². The van der Waals surface area contributed by atoms with Crippen molar-refractivity contribution in [3.8, 4) is 0 Å². The first kappa shape index (κ1) is 13.5. The van der Waals surface area contributed by atoms with Crippen LogP contribution in [0.3, 0.4) is 0 Å². The molecule has 0 amide bonds. The van der Waals surface area contributed by atoms with Gasteiger partial charge in [0.1, 0.15) is 12.4 Å². The summed E-state index contributed by atoms with van der Waals surface area (Å²) in [5, 5.41) is 0. The van der Waals surface area contributed by atoms with E-state index < -0.39 is 11.8 Å². The molecule has 0 atom stereocenters. The molecule has 2 N–H and O–H groups in total. The first-order chi connectivity index (χ1) is 9.08. The fourth-order valence-corrected chi connectivity index (χ4v) is 1.94. The molecule has 2 aromatic carbocycles. The molecule has 0 saturated heterocycles. The zero-order valence-electron chi connectivity index (χ0n) is 9.90. The van der Waals surface area contributed by atoms with Crippen LogP contribution in [-0.4, -0.2) is 5.97 Å². The van der Waals surface area contributed by atoms with Gasteiger partial charge in [-0.3, -0.25) is 0 Å². The van der Waals surface area contributed by atoms with Gasteiger partial charge in [-0.25, -0.2) is 9.18 Å². The highest BCUT2D eigenvalue weighted by Crippen LogP contribution is 2.18. The summed E-state index contributed by atoms with van der Waals surface area (Å²) < 4.78 is 19.4. The minimum absolute atomic E-state index is 0.0640. The van der Waals surface area contributed by atoms with Crippen LogP contribution in [0.4, 0.5) is 10.1 Å². The molecular formula is C14H11BrFNO2. The van der Waals surface area contributed by atoms with Crippen molar-refractivity contribution in [3.05, 3.63) is 63.9 Å². The van der Waals surface area contributed by atoms with Crippen molar-refractivity contribution in [2.24, 2.45) is 0 Å². The summed E-state index contributed by atoms with van der Waals surface area (Å²) in [7, 11) is 0. The maximum absolute atomic E-state index is 13.5. The molecule has 0 aliphatic rings. The van der Waals surface area contributed by atoms with Crippen LogP contribution in [-0.2, 0) is 11.3 Å². The number of hydrogen-bond donors (Lipinski definition) is 1. The van der Waals surface area contributed by atoms with Crippen LogP contribution in [0.25, 0.3) is 0 Å². The number of anilines is 1. The second-order valence-electron chi connectivity index (χ2n) is 3.91. The highest BCUT2D eigenvalue weighted by atomic mass is 79.9. The van der Waals surface area contributed by atoms with E-state index in [9.17, 15) is 9.18 Å². The summed E-state index contributed by atoms with van der Waals surface area (Å²) in [4.78, 5) is 11.8. The molecule has 0 aromatic heterocycles. The molecule has 2 aromatic rings. The Morgan fingerprint density at radius 1 is 1.26 bits per heavy atom. The number of benzene rings is 2. The number of nitrogen functional groups attached to an aromatic ring is 1. The molecule has 5 heteroatoms. The Labute approximate surface area is 118 Å². The molecule has 0 spiro atoms. The van der Waals surface area contributed by atoms with Gasteiger partial charge in [-0.15, -0.1) is 0 Å². The summed E-state index contributed by atoms with van der Waals surface area (Å²) in [6, 6.07) is 11.1. The number of carbonyl (C=O) groups excluding carboxylic acids is 1. The molecule has 0 bridgehead atoms. The lowest BCUT2D eigenvalue weighted by Gasteiger charge is -2.07. The highest BCUT2D eigenvalue weighted by molar-refractivity contribution is 9.10. The van der Waals surface area contributed by atoms with Gasteiger partial charge >= 0.3 is 5.97 Å². The Balaban J connectivity index is 2.10. The van der Waals surface area contributed by atoms with E-state index in [4.69, 9.17) is 10.5 Å². The second-order valence-corrected chi connectivity index (χ2v) is 4.76. The lowest BCUT2D eigenvalue weighted by Crippen LogP contribution is -2.08. The normalized spacial score (nSPS) is 10.2.